The molecule has 0 aromatic heterocycles. The number of hydrogen-bond donors (Lipinski definition) is 6. The van der Waals surface area contributed by atoms with E-state index in [1.54, 1.807) is 0 Å². The van der Waals surface area contributed by atoms with Crippen LogP contribution in [0.3, 0.4) is 0 Å². The molecule has 16 heteroatoms. The first kappa shape index (κ1) is 70.8. The quantitative estimate of drug-likeness (QED) is 0.198. The van der Waals surface area contributed by atoms with Gasteiger partial charge in [-0.15, -0.1) is 0 Å². The van der Waals surface area contributed by atoms with Crippen molar-refractivity contribution in [1.82, 2.24) is 0 Å². The molecule has 0 bridgehead atoms. The number of carboxylic acids is 4. The van der Waals surface area contributed by atoms with E-state index in [4.69, 9.17) is 51.1 Å². The molecule has 0 aromatic carbocycles. The van der Waals surface area contributed by atoms with Gasteiger partial charge in [0, 0.05) is 40.8 Å². The standard InChI is InChI=1S/C2H8N2.4C2H4O2.3ClH.3Na/c3-1-2-4;4*1-2(3)4;;;;;;/h1-4H2;4*1H3,(H,3,4);3*1H;;;/q;;;;;;;;3*+1/p-3. The van der Waals surface area contributed by atoms with Gasteiger partial charge in [0.25, 0.3) is 23.9 Å². The summed E-state index contributed by atoms with van der Waals surface area (Å²) in [6, 6.07) is 0. The predicted molar refractivity (Wildman–Crippen MR) is 71.3 cm³/mol. The van der Waals surface area contributed by atoms with Gasteiger partial charge in [0.2, 0.25) is 0 Å². The molecule has 0 aromatic rings. The first-order valence-corrected chi connectivity index (χ1v) is 5.03. The average Bonchev–Trinajstić information content (AvgIpc) is 2.13. The maximum absolute atomic E-state index is 9.00. The Balaban J connectivity index is -0.0000000114. The number of nitrogens with two attached hydrogens (primary N) is 2. The van der Waals surface area contributed by atoms with Crippen molar-refractivity contribution in [3.05, 3.63) is 0 Å². The zero-order valence-electron chi connectivity index (χ0n) is 16.1. The van der Waals surface area contributed by atoms with Crippen LogP contribution in [0.15, 0.2) is 0 Å². The summed E-state index contributed by atoms with van der Waals surface area (Å²) in [5.74, 6) is -3.33. The van der Waals surface area contributed by atoms with Crippen molar-refractivity contribution in [3.63, 3.8) is 0 Å². The van der Waals surface area contributed by atoms with Crippen molar-refractivity contribution in [2.75, 3.05) is 13.1 Å². The van der Waals surface area contributed by atoms with Crippen molar-refractivity contribution in [2.45, 2.75) is 27.7 Å². The second kappa shape index (κ2) is 71.6. The van der Waals surface area contributed by atoms with Crippen LogP contribution < -0.4 is 137 Å². The summed E-state index contributed by atoms with van der Waals surface area (Å²) in [5.41, 5.74) is 9.81. The van der Waals surface area contributed by atoms with Crippen LogP contribution in [-0.4, -0.2) is 57.4 Å². The van der Waals surface area contributed by atoms with E-state index >= 15 is 0 Å². The second-order valence-electron chi connectivity index (χ2n) is 2.65. The van der Waals surface area contributed by atoms with Crippen LogP contribution in [0.5, 0.6) is 0 Å². The fourth-order valence-electron chi connectivity index (χ4n) is 0. The Hall–Kier alpha value is 1.67. The number of rotatable bonds is 1. The van der Waals surface area contributed by atoms with E-state index < -0.39 is 23.9 Å². The molecule has 0 saturated heterocycles. The predicted octanol–water partition coefficient (Wildman–Crippen LogP) is -18.7. The molecule has 0 aliphatic heterocycles. The van der Waals surface area contributed by atoms with Gasteiger partial charge in [-0.3, -0.25) is 19.2 Å². The molecule has 0 atom stereocenters. The summed E-state index contributed by atoms with van der Waals surface area (Å²) < 4.78 is 0. The van der Waals surface area contributed by atoms with E-state index in [0.717, 1.165) is 27.7 Å². The van der Waals surface area contributed by atoms with Crippen LogP contribution in [0.25, 0.3) is 0 Å². The topological polar surface area (TPSA) is 201 Å². The fraction of sp³-hybridized carbons (Fsp3) is 0.600. The van der Waals surface area contributed by atoms with Gasteiger partial charge in [-0.2, -0.15) is 0 Å². The molecule has 10 nitrogen and oxygen atoms in total. The third kappa shape index (κ3) is 2190. The molecule has 0 unspecified atom stereocenters. The van der Waals surface area contributed by atoms with Gasteiger partial charge in [0.1, 0.15) is 0 Å². The van der Waals surface area contributed by atoms with Crippen LogP contribution in [0.1, 0.15) is 27.7 Å². The largest absolute Gasteiger partial charge is 1.00 e. The van der Waals surface area contributed by atoms with Crippen molar-refractivity contribution >= 4 is 23.9 Å². The molecule has 0 aliphatic carbocycles. The van der Waals surface area contributed by atoms with Gasteiger partial charge < -0.3 is 69.1 Å². The fourth-order valence-corrected chi connectivity index (χ4v) is 0. The molecule has 0 spiro atoms. The number of carboxylic acid groups (broad SMARTS) is 4. The summed E-state index contributed by atoms with van der Waals surface area (Å²) in [4.78, 5) is 36.0. The second-order valence-corrected chi connectivity index (χ2v) is 2.65. The molecule has 146 valence electrons. The van der Waals surface area contributed by atoms with Gasteiger partial charge in [0.15, 0.2) is 0 Å². The normalized spacial score (nSPS) is 5.00. The first-order valence-electron chi connectivity index (χ1n) is 5.03. The van der Waals surface area contributed by atoms with E-state index in [2.05, 4.69) is 0 Å². The SMILES string of the molecule is CC(=O)O.CC(=O)O.CC(=O)O.CC(=O)O.NCCN.[Cl-].[Cl-].[Cl-].[Na+].[Na+].[Na+]. The Bertz CT molecular complexity index is 216. The number of aliphatic carboxylic acids is 4. The minimum absolute atomic E-state index is 0. The van der Waals surface area contributed by atoms with Crippen molar-refractivity contribution < 1.29 is 165 Å². The molecule has 0 fully saturated rings. The van der Waals surface area contributed by atoms with Crippen molar-refractivity contribution in [3.8, 4) is 0 Å². The Morgan fingerprint density at radius 1 is 0.538 bits per heavy atom. The monoisotopic (exact) mass is 474 g/mol. The van der Waals surface area contributed by atoms with E-state index in [0.29, 0.717) is 13.1 Å². The summed E-state index contributed by atoms with van der Waals surface area (Å²) in [7, 11) is 0. The van der Waals surface area contributed by atoms with Crippen LogP contribution in [-0.2, 0) is 19.2 Å². The average molecular weight is 476 g/mol. The molecular formula is C10H24Cl3N2Na3O8. The molecule has 0 heterocycles. The molecule has 0 aliphatic rings. The van der Waals surface area contributed by atoms with E-state index in [1.165, 1.54) is 0 Å². The number of halogens is 3. The van der Waals surface area contributed by atoms with Crippen LogP contribution >= 0.6 is 0 Å². The Kier molecular flexibility index (Phi) is 195. The molecule has 0 rings (SSSR count). The van der Waals surface area contributed by atoms with Gasteiger partial charge in [-0.1, -0.05) is 0 Å². The van der Waals surface area contributed by atoms with E-state index in [-0.39, 0.29) is 126 Å². The third-order valence-corrected chi connectivity index (χ3v) is 0.167. The van der Waals surface area contributed by atoms with Crippen LogP contribution in [0.2, 0.25) is 0 Å². The summed E-state index contributed by atoms with van der Waals surface area (Å²) >= 11 is 0. The smallest absolute Gasteiger partial charge is 1.00 e. The van der Waals surface area contributed by atoms with Crippen molar-refractivity contribution in [1.29, 1.82) is 0 Å². The van der Waals surface area contributed by atoms with E-state index in [9.17, 15) is 0 Å². The van der Waals surface area contributed by atoms with Crippen molar-refractivity contribution in [2.24, 2.45) is 11.5 Å². The maximum Gasteiger partial charge on any atom is 1.00 e. The molecule has 26 heavy (non-hydrogen) atoms. The first-order chi connectivity index (χ1) is 8.84. The minimum Gasteiger partial charge on any atom is -1.00 e. The molecular weight excluding hydrogens is 451 g/mol. The zero-order valence-corrected chi connectivity index (χ0v) is 24.4. The van der Waals surface area contributed by atoms with Gasteiger partial charge in [-0.05, 0) is 0 Å². The Labute approximate surface area is 238 Å². The molecule has 0 amide bonds. The summed E-state index contributed by atoms with van der Waals surface area (Å²) in [5, 5.41) is 29.7. The summed E-state index contributed by atoms with van der Waals surface area (Å²) in [6.45, 7) is 5.53. The Morgan fingerprint density at radius 2 is 0.577 bits per heavy atom. The molecule has 8 N–H and O–H groups in total. The number of hydrogen-bond acceptors (Lipinski definition) is 6. The maximum atomic E-state index is 9.00. The molecule has 0 saturated carbocycles. The molecule has 0 radical (unpaired) electrons. The zero-order chi connectivity index (χ0) is 17.7. The Morgan fingerprint density at radius 3 is 0.577 bits per heavy atom. The minimum atomic E-state index is -0.833. The third-order valence-electron chi connectivity index (χ3n) is 0.167. The van der Waals surface area contributed by atoms with Crippen LogP contribution in [0, 0.1) is 0 Å². The van der Waals surface area contributed by atoms with Gasteiger partial charge >= 0.3 is 88.7 Å². The van der Waals surface area contributed by atoms with Gasteiger partial charge in [-0.25, -0.2) is 0 Å². The van der Waals surface area contributed by atoms with Gasteiger partial charge in [0.05, 0.1) is 0 Å². The summed E-state index contributed by atoms with van der Waals surface area (Å²) in [6.07, 6.45) is 0. The van der Waals surface area contributed by atoms with Crippen LogP contribution in [0.4, 0.5) is 0 Å². The number of carbonyl (C=O) groups is 4. The van der Waals surface area contributed by atoms with E-state index in [1.807, 2.05) is 0 Å².